The van der Waals surface area contributed by atoms with Gasteiger partial charge in [0.25, 0.3) is 0 Å². The normalized spacial score (nSPS) is 11.2. The van der Waals surface area contributed by atoms with E-state index in [0.717, 1.165) is 31.6 Å². The van der Waals surface area contributed by atoms with E-state index in [1.54, 1.807) is 11.1 Å². The lowest BCUT2D eigenvalue weighted by Crippen LogP contribution is -2.39. The number of carbonyl (C=O) groups is 1. The summed E-state index contributed by atoms with van der Waals surface area (Å²) in [5.41, 5.74) is 0.992. The molecular formula is C18H31N5O. The Bertz CT molecular complexity index is 489. The lowest BCUT2D eigenvalue weighted by molar-refractivity contribution is -0.128. The second-order valence-electron chi connectivity index (χ2n) is 5.72. The first-order valence-electron chi connectivity index (χ1n) is 8.83. The number of pyridine rings is 1. The first-order valence-corrected chi connectivity index (χ1v) is 8.83. The van der Waals surface area contributed by atoms with Crippen LogP contribution in [0.25, 0.3) is 0 Å². The summed E-state index contributed by atoms with van der Waals surface area (Å²) < 4.78 is 0. The van der Waals surface area contributed by atoms with Gasteiger partial charge in [-0.05, 0) is 25.5 Å². The van der Waals surface area contributed by atoms with Crippen LogP contribution < -0.4 is 10.6 Å². The largest absolute Gasteiger partial charge is 0.357 e. The molecule has 0 bridgehead atoms. The van der Waals surface area contributed by atoms with Crippen LogP contribution in [-0.2, 0) is 11.2 Å². The minimum absolute atomic E-state index is 0.0108. The molecular weight excluding hydrogens is 302 g/mol. The Kier molecular flexibility index (Phi) is 10.2. The minimum Gasteiger partial charge on any atom is -0.357 e. The number of likely N-dealkylation sites (N-methyl/N-ethyl adjacent to an activating group) is 1. The minimum atomic E-state index is 0.0108. The van der Waals surface area contributed by atoms with Gasteiger partial charge in [-0.1, -0.05) is 25.8 Å². The number of hydrogen-bond donors (Lipinski definition) is 2. The molecule has 0 aliphatic rings. The topological polar surface area (TPSA) is 69.6 Å². The highest BCUT2D eigenvalue weighted by atomic mass is 16.2. The Morgan fingerprint density at radius 1 is 1.25 bits per heavy atom. The van der Waals surface area contributed by atoms with Gasteiger partial charge >= 0.3 is 0 Å². The van der Waals surface area contributed by atoms with Gasteiger partial charge in [0.2, 0.25) is 5.91 Å². The van der Waals surface area contributed by atoms with Gasteiger partial charge in [-0.2, -0.15) is 0 Å². The molecule has 0 saturated carbocycles. The SMILES string of the molecule is CCCCCNC(=NCC(=O)N(C)CCc1ccccn1)NCC. The van der Waals surface area contributed by atoms with Crippen molar-refractivity contribution in [3.05, 3.63) is 30.1 Å². The summed E-state index contributed by atoms with van der Waals surface area (Å²) in [6.07, 6.45) is 6.02. The predicted molar refractivity (Wildman–Crippen MR) is 99.1 cm³/mol. The van der Waals surface area contributed by atoms with Crippen LogP contribution in [-0.4, -0.2) is 55.0 Å². The lowest BCUT2D eigenvalue weighted by Gasteiger charge is -2.16. The molecule has 6 heteroatoms. The van der Waals surface area contributed by atoms with Crippen LogP contribution >= 0.6 is 0 Å². The van der Waals surface area contributed by atoms with Gasteiger partial charge in [-0.25, -0.2) is 4.99 Å². The molecule has 1 heterocycles. The monoisotopic (exact) mass is 333 g/mol. The van der Waals surface area contributed by atoms with Crippen molar-refractivity contribution in [3.8, 4) is 0 Å². The molecule has 0 aliphatic heterocycles. The van der Waals surface area contributed by atoms with Gasteiger partial charge in [0.15, 0.2) is 5.96 Å². The molecule has 0 fully saturated rings. The lowest BCUT2D eigenvalue weighted by atomic mass is 10.2. The fourth-order valence-corrected chi connectivity index (χ4v) is 2.14. The van der Waals surface area contributed by atoms with Gasteiger partial charge in [0.1, 0.15) is 6.54 Å². The molecule has 1 aromatic heterocycles. The summed E-state index contributed by atoms with van der Waals surface area (Å²) in [6.45, 7) is 6.66. The maximum absolute atomic E-state index is 12.2. The Balaban J connectivity index is 2.38. The standard InChI is InChI=1S/C18H31N5O/c1-4-6-8-13-21-18(19-5-2)22-15-17(24)23(3)14-11-16-10-7-9-12-20-16/h7,9-10,12H,4-6,8,11,13-15H2,1-3H3,(H2,19,21,22). The number of aliphatic imine (C=N–C) groups is 1. The number of amides is 1. The molecule has 2 N–H and O–H groups in total. The van der Waals surface area contributed by atoms with E-state index < -0.39 is 0 Å². The zero-order valence-corrected chi connectivity index (χ0v) is 15.2. The van der Waals surface area contributed by atoms with Gasteiger partial charge in [-0.15, -0.1) is 0 Å². The van der Waals surface area contributed by atoms with Crippen molar-refractivity contribution in [1.82, 2.24) is 20.5 Å². The van der Waals surface area contributed by atoms with E-state index in [-0.39, 0.29) is 12.5 Å². The van der Waals surface area contributed by atoms with Crippen molar-refractivity contribution in [1.29, 1.82) is 0 Å². The molecule has 134 valence electrons. The fourth-order valence-electron chi connectivity index (χ4n) is 2.14. The molecule has 0 atom stereocenters. The number of unbranched alkanes of at least 4 members (excludes halogenated alkanes) is 2. The first kappa shape index (κ1) is 19.9. The molecule has 0 aliphatic carbocycles. The maximum atomic E-state index is 12.2. The number of aromatic nitrogens is 1. The summed E-state index contributed by atoms with van der Waals surface area (Å²) in [5, 5.41) is 6.44. The van der Waals surface area contributed by atoms with Crippen molar-refractivity contribution in [3.63, 3.8) is 0 Å². The summed E-state index contributed by atoms with van der Waals surface area (Å²) in [5.74, 6) is 0.719. The Labute approximate surface area is 145 Å². The van der Waals surface area contributed by atoms with Crippen molar-refractivity contribution in [2.24, 2.45) is 4.99 Å². The van der Waals surface area contributed by atoms with Crippen LogP contribution in [0.1, 0.15) is 38.8 Å². The predicted octanol–water partition coefficient (Wildman–Crippen LogP) is 1.83. The van der Waals surface area contributed by atoms with E-state index in [9.17, 15) is 4.79 Å². The van der Waals surface area contributed by atoms with Gasteiger partial charge in [0.05, 0.1) is 0 Å². The number of hydrogen-bond acceptors (Lipinski definition) is 3. The number of rotatable bonds is 10. The zero-order valence-electron chi connectivity index (χ0n) is 15.2. The average Bonchev–Trinajstić information content (AvgIpc) is 2.61. The van der Waals surface area contributed by atoms with Crippen LogP contribution in [0.3, 0.4) is 0 Å². The molecule has 0 aromatic carbocycles. The molecule has 0 radical (unpaired) electrons. The Morgan fingerprint density at radius 3 is 2.75 bits per heavy atom. The molecule has 1 rings (SSSR count). The van der Waals surface area contributed by atoms with Crippen molar-refractivity contribution in [2.75, 3.05) is 33.2 Å². The van der Waals surface area contributed by atoms with Crippen molar-refractivity contribution in [2.45, 2.75) is 39.5 Å². The summed E-state index contributed by atoms with van der Waals surface area (Å²) in [4.78, 5) is 22.5. The van der Waals surface area contributed by atoms with Crippen LogP contribution in [0.15, 0.2) is 29.4 Å². The first-order chi connectivity index (χ1) is 11.7. The van der Waals surface area contributed by atoms with Gasteiger partial charge in [-0.3, -0.25) is 9.78 Å². The zero-order chi connectivity index (χ0) is 17.6. The molecule has 0 spiro atoms. The van der Waals surface area contributed by atoms with Crippen LogP contribution in [0.2, 0.25) is 0 Å². The van der Waals surface area contributed by atoms with Crippen molar-refractivity contribution < 1.29 is 4.79 Å². The molecule has 0 saturated heterocycles. The van der Waals surface area contributed by atoms with E-state index >= 15 is 0 Å². The van der Waals surface area contributed by atoms with Crippen LogP contribution in [0.4, 0.5) is 0 Å². The van der Waals surface area contributed by atoms with Gasteiger partial charge in [0, 0.05) is 45.0 Å². The van der Waals surface area contributed by atoms with Gasteiger partial charge < -0.3 is 15.5 Å². The second-order valence-corrected chi connectivity index (χ2v) is 5.72. The highest BCUT2D eigenvalue weighted by molar-refractivity contribution is 5.84. The van der Waals surface area contributed by atoms with E-state index in [4.69, 9.17) is 0 Å². The van der Waals surface area contributed by atoms with Crippen LogP contribution in [0, 0.1) is 0 Å². The van der Waals surface area contributed by atoms with E-state index in [0.29, 0.717) is 12.5 Å². The quantitative estimate of drug-likeness (QED) is 0.389. The van der Waals surface area contributed by atoms with E-state index in [2.05, 4.69) is 27.5 Å². The van der Waals surface area contributed by atoms with Crippen molar-refractivity contribution >= 4 is 11.9 Å². The Morgan fingerprint density at radius 2 is 2.08 bits per heavy atom. The maximum Gasteiger partial charge on any atom is 0.244 e. The third-order valence-corrected chi connectivity index (χ3v) is 3.64. The second kappa shape index (κ2) is 12.3. The molecule has 1 aromatic rings. The highest BCUT2D eigenvalue weighted by Crippen LogP contribution is 1.97. The summed E-state index contributed by atoms with van der Waals surface area (Å²) in [7, 11) is 1.81. The van der Waals surface area contributed by atoms with Crippen LogP contribution in [0.5, 0.6) is 0 Å². The molecule has 24 heavy (non-hydrogen) atoms. The number of carbonyl (C=O) groups excluding carboxylic acids is 1. The highest BCUT2D eigenvalue weighted by Gasteiger charge is 2.09. The third-order valence-electron chi connectivity index (χ3n) is 3.64. The average molecular weight is 333 g/mol. The smallest absolute Gasteiger partial charge is 0.244 e. The summed E-state index contributed by atoms with van der Waals surface area (Å²) >= 11 is 0. The Hall–Kier alpha value is -2.11. The molecule has 0 unspecified atom stereocenters. The summed E-state index contributed by atoms with van der Waals surface area (Å²) in [6, 6.07) is 5.82. The number of nitrogens with one attached hydrogen (secondary N) is 2. The number of nitrogens with zero attached hydrogens (tertiary/aromatic N) is 3. The third kappa shape index (κ3) is 8.50. The molecule has 1 amide bonds. The van der Waals surface area contributed by atoms with E-state index in [1.807, 2.05) is 32.2 Å². The molecule has 6 nitrogen and oxygen atoms in total. The number of guanidine groups is 1. The van der Waals surface area contributed by atoms with E-state index in [1.165, 1.54) is 12.8 Å². The fraction of sp³-hybridized carbons (Fsp3) is 0.611.